The van der Waals surface area contributed by atoms with Crippen LogP contribution in [0.5, 0.6) is 11.5 Å². The molecule has 0 unspecified atom stereocenters. The van der Waals surface area contributed by atoms with E-state index < -0.39 is 5.97 Å². The highest BCUT2D eigenvalue weighted by Gasteiger charge is 2.10. The lowest BCUT2D eigenvalue weighted by Gasteiger charge is -2.10. The van der Waals surface area contributed by atoms with Crippen LogP contribution in [-0.2, 0) is 9.63 Å². The minimum absolute atomic E-state index is 0.125. The zero-order valence-corrected chi connectivity index (χ0v) is 13.0. The maximum absolute atomic E-state index is 11.0. The van der Waals surface area contributed by atoms with E-state index in [4.69, 9.17) is 9.94 Å². The lowest BCUT2D eigenvalue weighted by molar-refractivity contribution is -0.135. The van der Waals surface area contributed by atoms with Gasteiger partial charge in [-0.15, -0.1) is 0 Å². The number of aliphatic carboxylic acids is 1. The van der Waals surface area contributed by atoms with Crippen molar-refractivity contribution in [1.29, 1.82) is 0 Å². The molecule has 0 saturated heterocycles. The standard InChI is InChI=1S/C18H17NO5/c1-24-19-14(11-18(22)23)10-17(12-2-6-15(20)7-3-12)13-4-8-16(21)9-5-13/h2-10,20-21H,11H2,1H3,(H,22,23). The summed E-state index contributed by atoms with van der Waals surface area (Å²) in [4.78, 5) is 15.7. The molecule has 2 rings (SSSR count). The number of nitrogens with zero attached hydrogens (tertiary/aromatic N) is 1. The van der Waals surface area contributed by atoms with Crippen LogP contribution in [0, 0.1) is 0 Å². The fourth-order valence-corrected chi connectivity index (χ4v) is 2.16. The van der Waals surface area contributed by atoms with Crippen molar-refractivity contribution in [3.63, 3.8) is 0 Å². The molecule has 0 fully saturated rings. The predicted molar refractivity (Wildman–Crippen MR) is 90.0 cm³/mol. The molecule has 124 valence electrons. The van der Waals surface area contributed by atoms with E-state index in [1.54, 1.807) is 30.3 Å². The molecule has 6 nitrogen and oxygen atoms in total. The van der Waals surface area contributed by atoms with E-state index in [2.05, 4.69) is 5.16 Å². The van der Waals surface area contributed by atoms with Crippen molar-refractivity contribution in [3.8, 4) is 11.5 Å². The number of benzene rings is 2. The zero-order chi connectivity index (χ0) is 17.5. The summed E-state index contributed by atoms with van der Waals surface area (Å²) in [5, 5.41) is 31.7. The maximum Gasteiger partial charge on any atom is 0.309 e. The van der Waals surface area contributed by atoms with E-state index in [9.17, 15) is 15.0 Å². The van der Waals surface area contributed by atoms with E-state index in [0.29, 0.717) is 5.57 Å². The summed E-state index contributed by atoms with van der Waals surface area (Å²) in [5.41, 5.74) is 2.44. The highest BCUT2D eigenvalue weighted by molar-refractivity contribution is 6.10. The van der Waals surface area contributed by atoms with Crippen LogP contribution in [0.3, 0.4) is 0 Å². The second kappa shape index (κ2) is 7.82. The number of phenolic OH excluding ortho intramolecular Hbond substituents is 2. The summed E-state index contributed by atoms with van der Waals surface area (Å²) >= 11 is 0. The number of hydrogen-bond donors (Lipinski definition) is 3. The van der Waals surface area contributed by atoms with Gasteiger partial charge >= 0.3 is 5.97 Å². The van der Waals surface area contributed by atoms with Gasteiger partial charge in [-0.2, -0.15) is 0 Å². The third kappa shape index (κ3) is 4.61. The van der Waals surface area contributed by atoms with Crippen molar-refractivity contribution in [3.05, 3.63) is 65.7 Å². The van der Waals surface area contributed by atoms with Gasteiger partial charge in [-0.1, -0.05) is 29.4 Å². The number of carboxylic acids is 1. The molecule has 2 aromatic carbocycles. The summed E-state index contributed by atoms with van der Waals surface area (Å²) in [5.74, 6) is -0.780. The van der Waals surface area contributed by atoms with Crippen LogP contribution < -0.4 is 0 Å². The quantitative estimate of drug-likeness (QED) is 0.559. The van der Waals surface area contributed by atoms with Crippen LogP contribution in [0.2, 0.25) is 0 Å². The van der Waals surface area contributed by atoms with Gasteiger partial charge in [0.05, 0.1) is 12.1 Å². The van der Waals surface area contributed by atoms with Gasteiger partial charge in [0.2, 0.25) is 0 Å². The lowest BCUT2D eigenvalue weighted by Crippen LogP contribution is -2.06. The number of hydrogen-bond acceptors (Lipinski definition) is 5. The largest absolute Gasteiger partial charge is 0.508 e. The minimum atomic E-state index is -1.03. The highest BCUT2D eigenvalue weighted by atomic mass is 16.6. The molecule has 0 aromatic heterocycles. The average molecular weight is 327 g/mol. The van der Waals surface area contributed by atoms with Crippen molar-refractivity contribution in [1.82, 2.24) is 0 Å². The smallest absolute Gasteiger partial charge is 0.309 e. The molecule has 0 atom stereocenters. The highest BCUT2D eigenvalue weighted by Crippen LogP contribution is 2.27. The van der Waals surface area contributed by atoms with Crippen LogP contribution in [0.25, 0.3) is 5.57 Å². The number of carboxylic acid groups (broad SMARTS) is 1. The Kier molecular flexibility index (Phi) is 5.57. The van der Waals surface area contributed by atoms with E-state index in [1.165, 1.54) is 31.4 Å². The lowest BCUT2D eigenvalue weighted by atomic mass is 9.96. The van der Waals surface area contributed by atoms with Crippen molar-refractivity contribution >= 4 is 17.3 Å². The van der Waals surface area contributed by atoms with Crippen LogP contribution in [-0.4, -0.2) is 34.1 Å². The van der Waals surface area contributed by atoms with Gasteiger partial charge in [0.15, 0.2) is 0 Å². The summed E-state index contributed by atoms with van der Waals surface area (Å²) in [6, 6.07) is 13.0. The third-order valence-corrected chi connectivity index (χ3v) is 3.21. The summed E-state index contributed by atoms with van der Waals surface area (Å²) in [6.45, 7) is 0. The number of allylic oxidation sites excluding steroid dienone is 1. The number of oxime groups is 1. The Hall–Kier alpha value is -3.28. The Morgan fingerprint density at radius 1 is 1.00 bits per heavy atom. The second-order valence-electron chi connectivity index (χ2n) is 4.99. The molecule has 0 heterocycles. The van der Waals surface area contributed by atoms with Gasteiger partial charge in [0, 0.05) is 0 Å². The molecule has 0 amide bonds. The molecule has 24 heavy (non-hydrogen) atoms. The van der Waals surface area contributed by atoms with Crippen LogP contribution >= 0.6 is 0 Å². The molecule has 6 heteroatoms. The molecular weight excluding hydrogens is 310 g/mol. The third-order valence-electron chi connectivity index (χ3n) is 3.21. The van der Waals surface area contributed by atoms with E-state index in [-0.39, 0.29) is 23.6 Å². The monoisotopic (exact) mass is 327 g/mol. The van der Waals surface area contributed by atoms with Crippen molar-refractivity contribution in [2.75, 3.05) is 7.11 Å². The van der Waals surface area contributed by atoms with E-state index in [1.807, 2.05) is 0 Å². The SMILES string of the molecule is CON=C(C=C(c1ccc(O)cc1)c1ccc(O)cc1)CC(=O)O. The first-order chi connectivity index (χ1) is 11.5. The Morgan fingerprint density at radius 3 is 1.83 bits per heavy atom. The molecule has 0 aliphatic rings. The van der Waals surface area contributed by atoms with E-state index >= 15 is 0 Å². The van der Waals surface area contributed by atoms with Crippen molar-refractivity contribution in [2.24, 2.45) is 5.16 Å². The fourth-order valence-electron chi connectivity index (χ4n) is 2.16. The van der Waals surface area contributed by atoms with Crippen molar-refractivity contribution < 1.29 is 25.0 Å². The molecule has 3 N–H and O–H groups in total. The maximum atomic E-state index is 11.0. The number of rotatable bonds is 6. The summed E-state index contributed by atoms with van der Waals surface area (Å²) < 4.78 is 0. The van der Waals surface area contributed by atoms with Gasteiger partial charge in [-0.3, -0.25) is 4.79 Å². The molecule has 0 aliphatic carbocycles. The van der Waals surface area contributed by atoms with Crippen LogP contribution in [0.15, 0.2) is 59.8 Å². The number of phenols is 2. The minimum Gasteiger partial charge on any atom is -0.508 e. The fraction of sp³-hybridized carbons (Fsp3) is 0.111. The molecule has 0 bridgehead atoms. The first-order valence-corrected chi connectivity index (χ1v) is 7.12. The molecule has 0 aliphatic heterocycles. The molecule has 0 saturated carbocycles. The topological polar surface area (TPSA) is 99.4 Å². The summed E-state index contributed by atoms with van der Waals surface area (Å²) in [6.07, 6.45) is 1.31. The van der Waals surface area contributed by atoms with Gasteiger partial charge in [-0.25, -0.2) is 0 Å². The Morgan fingerprint density at radius 2 is 1.46 bits per heavy atom. The van der Waals surface area contributed by atoms with Gasteiger partial charge in [0.1, 0.15) is 18.6 Å². The van der Waals surface area contributed by atoms with Crippen LogP contribution in [0.1, 0.15) is 17.5 Å². The predicted octanol–water partition coefficient (Wildman–Crippen LogP) is 3.01. The molecule has 0 radical (unpaired) electrons. The molecule has 0 spiro atoms. The number of carbonyl (C=O) groups is 1. The number of aromatic hydroxyl groups is 2. The molecular formula is C18H17NO5. The molecule has 2 aromatic rings. The first-order valence-electron chi connectivity index (χ1n) is 7.12. The average Bonchev–Trinajstić information content (AvgIpc) is 2.54. The Balaban J connectivity index is 2.54. The normalized spacial score (nSPS) is 11.0. The Bertz CT molecular complexity index is 714. The van der Waals surface area contributed by atoms with Crippen molar-refractivity contribution in [2.45, 2.75) is 6.42 Å². The zero-order valence-electron chi connectivity index (χ0n) is 13.0. The van der Waals surface area contributed by atoms with E-state index in [0.717, 1.165) is 11.1 Å². The first kappa shape index (κ1) is 17.1. The Labute approximate surface area is 138 Å². The van der Waals surface area contributed by atoms with Gasteiger partial charge < -0.3 is 20.2 Å². The second-order valence-corrected chi connectivity index (χ2v) is 4.99. The summed E-state index contributed by atoms with van der Waals surface area (Å²) in [7, 11) is 1.34. The van der Waals surface area contributed by atoms with Gasteiger partial charge in [-0.05, 0) is 47.0 Å². The van der Waals surface area contributed by atoms with Gasteiger partial charge in [0.25, 0.3) is 0 Å². The van der Waals surface area contributed by atoms with Crippen LogP contribution in [0.4, 0.5) is 0 Å².